The van der Waals surface area contributed by atoms with Gasteiger partial charge in [-0.05, 0) is 32.4 Å². The highest BCUT2D eigenvalue weighted by Gasteiger charge is 2.24. The van der Waals surface area contributed by atoms with Crippen LogP contribution in [0.4, 0.5) is 5.82 Å². The molecule has 0 radical (unpaired) electrons. The van der Waals surface area contributed by atoms with Crippen LogP contribution < -0.4 is 10.6 Å². The number of carbonyl (C=O) groups is 1. The summed E-state index contributed by atoms with van der Waals surface area (Å²) in [4.78, 5) is 31.4. The highest BCUT2D eigenvalue weighted by Crippen LogP contribution is 2.25. The predicted molar refractivity (Wildman–Crippen MR) is 105 cm³/mol. The summed E-state index contributed by atoms with van der Waals surface area (Å²) < 4.78 is 0. The lowest BCUT2D eigenvalue weighted by Gasteiger charge is -2.20. The van der Waals surface area contributed by atoms with Crippen molar-refractivity contribution >= 4 is 23.1 Å². The molecule has 3 aromatic heterocycles. The van der Waals surface area contributed by atoms with Crippen LogP contribution in [0, 0.1) is 13.8 Å². The van der Waals surface area contributed by atoms with E-state index in [0.29, 0.717) is 31.0 Å². The summed E-state index contributed by atoms with van der Waals surface area (Å²) in [5.74, 6) is 1.07. The zero-order valence-electron chi connectivity index (χ0n) is 15.2. The van der Waals surface area contributed by atoms with E-state index in [4.69, 9.17) is 0 Å². The van der Waals surface area contributed by atoms with Crippen molar-refractivity contribution in [3.05, 3.63) is 51.4 Å². The minimum atomic E-state index is -0.155. The first-order valence-corrected chi connectivity index (χ1v) is 9.70. The molecule has 2 N–H and O–H groups in total. The maximum absolute atomic E-state index is 12.3. The van der Waals surface area contributed by atoms with E-state index in [1.54, 1.807) is 23.7 Å². The maximum Gasteiger partial charge on any atom is 0.270 e. The van der Waals surface area contributed by atoms with Gasteiger partial charge < -0.3 is 10.6 Å². The Balaban J connectivity index is 1.62. The lowest BCUT2D eigenvalue weighted by molar-refractivity contribution is 0.0940. The minimum absolute atomic E-state index is 0.155. The van der Waals surface area contributed by atoms with Gasteiger partial charge in [-0.1, -0.05) is 0 Å². The van der Waals surface area contributed by atoms with Gasteiger partial charge in [0.15, 0.2) is 5.82 Å². The van der Waals surface area contributed by atoms with Crippen LogP contribution in [0.3, 0.4) is 0 Å². The summed E-state index contributed by atoms with van der Waals surface area (Å²) in [6.07, 6.45) is 4.93. The van der Waals surface area contributed by atoms with E-state index in [2.05, 4.69) is 37.5 Å². The number of hydrogen-bond acceptors (Lipinski definition) is 7. The summed E-state index contributed by atoms with van der Waals surface area (Å²) in [5.41, 5.74) is 3.19. The first-order valence-electron chi connectivity index (χ1n) is 8.88. The van der Waals surface area contributed by atoms with E-state index < -0.39 is 0 Å². The van der Waals surface area contributed by atoms with Crippen LogP contribution in [0.25, 0.3) is 11.4 Å². The summed E-state index contributed by atoms with van der Waals surface area (Å²) in [5, 5.41) is 7.35. The van der Waals surface area contributed by atoms with Crippen molar-refractivity contribution in [2.24, 2.45) is 0 Å². The number of amides is 1. The zero-order chi connectivity index (χ0) is 18.8. The molecule has 27 heavy (non-hydrogen) atoms. The number of pyridine rings is 1. The Hall–Kier alpha value is -2.87. The molecule has 0 aliphatic carbocycles. The molecule has 1 aliphatic heterocycles. The maximum atomic E-state index is 12.3. The van der Waals surface area contributed by atoms with Crippen molar-refractivity contribution in [2.75, 3.05) is 18.4 Å². The molecule has 0 spiro atoms. The lowest BCUT2D eigenvalue weighted by atomic mass is 10.1. The van der Waals surface area contributed by atoms with Gasteiger partial charge in [-0.15, -0.1) is 11.3 Å². The van der Waals surface area contributed by atoms with Crippen molar-refractivity contribution in [1.29, 1.82) is 0 Å². The monoisotopic (exact) mass is 380 g/mol. The number of nitrogens with zero attached hydrogens (tertiary/aromatic N) is 4. The molecule has 0 bridgehead atoms. The third-order valence-corrected chi connectivity index (χ3v) is 5.64. The Morgan fingerprint density at radius 1 is 1.26 bits per heavy atom. The van der Waals surface area contributed by atoms with Crippen molar-refractivity contribution in [2.45, 2.75) is 26.7 Å². The number of hydrogen-bond donors (Lipinski definition) is 2. The predicted octanol–water partition coefficient (Wildman–Crippen LogP) is 2.55. The average Bonchev–Trinajstić information content (AvgIpc) is 3.00. The molecule has 1 aliphatic rings. The summed E-state index contributed by atoms with van der Waals surface area (Å²) in [6, 6.07) is 3.72. The first kappa shape index (κ1) is 17.5. The summed E-state index contributed by atoms with van der Waals surface area (Å²) in [7, 11) is 0. The summed E-state index contributed by atoms with van der Waals surface area (Å²) >= 11 is 1.72. The van der Waals surface area contributed by atoms with Gasteiger partial charge in [-0.2, -0.15) is 0 Å². The van der Waals surface area contributed by atoms with Crippen LogP contribution in [-0.4, -0.2) is 38.9 Å². The van der Waals surface area contributed by atoms with Gasteiger partial charge in [0, 0.05) is 47.9 Å². The van der Waals surface area contributed by atoms with E-state index in [9.17, 15) is 4.79 Å². The van der Waals surface area contributed by atoms with Crippen molar-refractivity contribution in [3.63, 3.8) is 0 Å². The van der Waals surface area contributed by atoms with Crippen LogP contribution >= 0.6 is 11.3 Å². The minimum Gasteiger partial charge on any atom is -0.369 e. The molecule has 0 fully saturated rings. The smallest absolute Gasteiger partial charge is 0.270 e. The Morgan fingerprint density at radius 2 is 2.15 bits per heavy atom. The fraction of sp³-hybridized carbons (Fsp3) is 0.316. The van der Waals surface area contributed by atoms with Crippen molar-refractivity contribution < 1.29 is 4.79 Å². The standard InChI is InChI=1S/C19H20N6OS/c1-11-12(2)27-15(23-11)6-9-21-18-14-5-8-22-19(26)16(14)24-17(25-18)13-4-3-7-20-10-13/h3-4,7,10H,5-6,8-9H2,1-2H3,(H,22,26)(H,21,24,25). The Morgan fingerprint density at radius 3 is 2.89 bits per heavy atom. The molecule has 8 heteroatoms. The van der Waals surface area contributed by atoms with Crippen LogP contribution in [0.15, 0.2) is 24.5 Å². The number of aryl methyl sites for hydroxylation is 2. The molecule has 1 amide bonds. The van der Waals surface area contributed by atoms with E-state index in [1.807, 2.05) is 19.1 Å². The number of aromatic nitrogens is 4. The Kier molecular flexibility index (Phi) is 4.81. The quantitative estimate of drug-likeness (QED) is 0.707. The molecule has 0 saturated carbocycles. The van der Waals surface area contributed by atoms with Crippen molar-refractivity contribution in [3.8, 4) is 11.4 Å². The number of anilines is 1. The van der Waals surface area contributed by atoms with Gasteiger partial charge in [-0.25, -0.2) is 15.0 Å². The molecule has 4 heterocycles. The SMILES string of the molecule is Cc1nc(CCNc2nc(-c3cccnc3)nc3c2CCNC3=O)sc1C. The second-order valence-corrected chi connectivity index (χ2v) is 7.68. The number of fused-ring (bicyclic) bond motifs is 1. The largest absolute Gasteiger partial charge is 0.369 e. The fourth-order valence-electron chi connectivity index (χ4n) is 3.00. The molecule has 0 atom stereocenters. The molecule has 0 saturated heterocycles. The average molecular weight is 380 g/mol. The Bertz CT molecular complexity index is 966. The fourth-order valence-corrected chi connectivity index (χ4v) is 3.93. The third kappa shape index (κ3) is 3.66. The Labute approximate surface area is 161 Å². The molecule has 4 rings (SSSR count). The van der Waals surface area contributed by atoms with Gasteiger partial charge >= 0.3 is 0 Å². The van der Waals surface area contributed by atoms with Crippen LogP contribution in [0.1, 0.15) is 31.6 Å². The van der Waals surface area contributed by atoms with Gasteiger partial charge in [0.2, 0.25) is 0 Å². The lowest BCUT2D eigenvalue weighted by Crippen LogP contribution is -2.34. The normalized spacial score (nSPS) is 13.2. The molecular weight excluding hydrogens is 360 g/mol. The van der Waals surface area contributed by atoms with Gasteiger partial charge in [0.1, 0.15) is 11.5 Å². The molecular formula is C19H20N6OS. The summed E-state index contributed by atoms with van der Waals surface area (Å²) in [6.45, 7) is 5.41. The van der Waals surface area contributed by atoms with E-state index in [0.717, 1.165) is 34.1 Å². The van der Waals surface area contributed by atoms with Crippen LogP contribution in [0.5, 0.6) is 0 Å². The van der Waals surface area contributed by atoms with E-state index in [1.165, 1.54) is 4.88 Å². The number of nitrogens with one attached hydrogen (secondary N) is 2. The zero-order valence-corrected chi connectivity index (χ0v) is 16.1. The second kappa shape index (κ2) is 7.40. The van der Waals surface area contributed by atoms with Gasteiger partial charge in [-0.3, -0.25) is 9.78 Å². The van der Waals surface area contributed by atoms with E-state index in [-0.39, 0.29) is 5.91 Å². The number of thiazole rings is 1. The topological polar surface area (TPSA) is 92.7 Å². The number of carbonyl (C=O) groups excluding carboxylic acids is 1. The molecule has 0 unspecified atom stereocenters. The highest BCUT2D eigenvalue weighted by atomic mass is 32.1. The van der Waals surface area contributed by atoms with Gasteiger partial charge in [0.25, 0.3) is 5.91 Å². The molecule has 0 aromatic carbocycles. The first-order chi connectivity index (χ1) is 13.1. The van der Waals surface area contributed by atoms with Crippen molar-refractivity contribution in [1.82, 2.24) is 25.3 Å². The van der Waals surface area contributed by atoms with Crippen LogP contribution in [-0.2, 0) is 12.8 Å². The molecule has 3 aromatic rings. The van der Waals surface area contributed by atoms with Crippen LogP contribution in [0.2, 0.25) is 0 Å². The molecule has 7 nitrogen and oxygen atoms in total. The van der Waals surface area contributed by atoms with Gasteiger partial charge in [0.05, 0.1) is 10.7 Å². The second-order valence-electron chi connectivity index (χ2n) is 6.40. The highest BCUT2D eigenvalue weighted by molar-refractivity contribution is 7.11. The molecule has 138 valence electrons. The third-order valence-electron chi connectivity index (χ3n) is 4.51. The van der Waals surface area contributed by atoms with E-state index >= 15 is 0 Å². The number of rotatable bonds is 5.